The molecular weight excluding hydrogens is 440 g/mol. The van der Waals surface area contributed by atoms with Crippen LogP contribution >= 0.6 is 0 Å². The molecule has 6 rings (SSSR count). The Kier molecular flexibility index (Phi) is 6.67. The molecule has 1 N–H and O–H groups in total. The Labute approximate surface area is 208 Å². The molecule has 4 aliphatic rings. The fourth-order valence-corrected chi connectivity index (χ4v) is 6.08. The summed E-state index contributed by atoms with van der Waals surface area (Å²) >= 11 is 0. The van der Waals surface area contributed by atoms with E-state index >= 15 is 0 Å². The van der Waals surface area contributed by atoms with Crippen LogP contribution in [0.5, 0.6) is 11.5 Å². The Morgan fingerprint density at radius 2 is 1.77 bits per heavy atom. The van der Waals surface area contributed by atoms with Crippen LogP contribution in [0.4, 0.5) is 4.79 Å². The third kappa shape index (κ3) is 4.86. The number of nitrogens with zero attached hydrogens (tertiary/aromatic N) is 1. The molecule has 0 unspecified atom stereocenters. The summed E-state index contributed by atoms with van der Waals surface area (Å²) in [5.74, 6) is 2.20. The number of amides is 1. The van der Waals surface area contributed by atoms with E-state index in [9.17, 15) is 4.79 Å². The van der Waals surface area contributed by atoms with Crippen LogP contribution in [0.2, 0.25) is 0 Å². The van der Waals surface area contributed by atoms with Crippen molar-refractivity contribution < 1.29 is 19.0 Å². The highest BCUT2D eigenvalue weighted by Crippen LogP contribution is 2.49. The number of carbonyl (C=O) groups is 1. The molecule has 3 heterocycles. The number of piperidine rings is 3. The lowest BCUT2D eigenvalue weighted by atomic mass is 9.85. The van der Waals surface area contributed by atoms with Gasteiger partial charge in [-0.25, -0.2) is 4.79 Å². The van der Waals surface area contributed by atoms with Crippen molar-refractivity contribution in [2.24, 2.45) is 11.3 Å². The molecule has 2 bridgehead atoms. The second kappa shape index (κ2) is 9.73. The molecule has 6 nitrogen and oxygen atoms in total. The molecule has 2 atom stereocenters. The first kappa shape index (κ1) is 24.0. The molecule has 2 aromatic rings. The van der Waals surface area contributed by atoms with Gasteiger partial charge in [0.1, 0.15) is 17.6 Å². The predicted octanol–water partition coefficient (Wildman–Crippen LogP) is 5.59. The van der Waals surface area contributed by atoms with E-state index < -0.39 is 0 Å². The number of benzene rings is 2. The molecule has 3 saturated heterocycles. The van der Waals surface area contributed by atoms with Gasteiger partial charge in [-0.2, -0.15) is 0 Å². The predicted molar refractivity (Wildman–Crippen MR) is 137 cm³/mol. The van der Waals surface area contributed by atoms with E-state index in [1.807, 2.05) is 26.0 Å². The Morgan fingerprint density at radius 1 is 1.06 bits per heavy atom. The molecule has 1 amide bonds. The quantitative estimate of drug-likeness (QED) is 0.562. The Balaban J connectivity index is 1.39. The van der Waals surface area contributed by atoms with E-state index in [0.717, 1.165) is 67.1 Å². The topological polar surface area (TPSA) is 60.0 Å². The standard InChI is InChI=1S/C29H38N2O4/c1-5-33-22-9-7-19(8-10-22)23-15-21-17-29(3,4)27(24(21)16-25(23)34-6-2)30-28(32)35-26-18-31-13-11-20(26)12-14-31/h7-10,15-16,20,26-27H,5-6,11-14,17-18H2,1-4H3,(H,30,32)/t26-,27+/m1/s1. The zero-order chi connectivity index (χ0) is 24.6. The number of hydrogen-bond acceptors (Lipinski definition) is 5. The van der Waals surface area contributed by atoms with Gasteiger partial charge in [-0.05, 0) is 98.5 Å². The zero-order valence-electron chi connectivity index (χ0n) is 21.4. The molecule has 0 saturated carbocycles. The lowest BCUT2D eigenvalue weighted by Crippen LogP contribution is -2.53. The van der Waals surface area contributed by atoms with Crippen LogP contribution in [-0.4, -0.2) is 49.9 Å². The minimum absolute atomic E-state index is 0.00232. The first-order valence-corrected chi connectivity index (χ1v) is 13.1. The SMILES string of the molecule is CCOc1ccc(-c2cc3c(cc2OCC)[C@H](NC(=O)O[C@@H]2CN4CCC2CC4)C(C)(C)C3)cc1. The zero-order valence-corrected chi connectivity index (χ0v) is 21.4. The maximum Gasteiger partial charge on any atom is 0.407 e. The van der Waals surface area contributed by atoms with E-state index in [0.29, 0.717) is 19.1 Å². The number of ether oxygens (including phenoxy) is 3. The smallest absolute Gasteiger partial charge is 0.407 e. The third-order valence-electron chi connectivity index (χ3n) is 7.87. The van der Waals surface area contributed by atoms with Gasteiger partial charge in [-0.3, -0.25) is 4.90 Å². The number of fused-ring (bicyclic) bond motifs is 4. The fraction of sp³-hybridized carbons (Fsp3) is 0.552. The Morgan fingerprint density at radius 3 is 2.40 bits per heavy atom. The van der Waals surface area contributed by atoms with Crippen LogP contribution in [0, 0.1) is 11.3 Å². The van der Waals surface area contributed by atoms with Crippen molar-refractivity contribution in [2.75, 3.05) is 32.8 Å². The molecule has 188 valence electrons. The van der Waals surface area contributed by atoms with Gasteiger partial charge in [-0.1, -0.05) is 26.0 Å². The Hall–Kier alpha value is -2.73. The maximum absolute atomic E-state index is 13.0. The average Bonchev–Trinajstić information content (AvgIpc) is 3.09. The summed E-state index contributed by atoms with van der Waals surface area (Å²) in [5, 5.41) is 3.23. The van der Waals surface area contributed by atoms with Crippen LogP contribution in [-0.2, 0) is 11.2 Å². The van der Waals surface area contributed by atoms with E-state index in [1.165, 1.54) is 5.56 Å². The summed E-state index contributed by atoms with van der Waals surface area (Å²) in [5.41, 5.74) is 4.40. The maximum atomic E-state index is 13.0. The number of hydrogen-bond donors (Lipinski definition) is 1. The van der Waals surface area contributed by atoms with Crippen molar-refractivity contribution in [2.45, 2.75) is 59.1 Å². The molecule has 3 aliphatic heterocycles. The van der Waals surface area contributed by atoms with Gasteiger partial charge in [0.15, 0.2) is 0 Å². The van der Waals surface area contributed by atoms with E-state index in [-0.39, 0.29) is 23.7 Å². The molecule has 0 spiro atoms. The minimum Gasteiger partial charge on any atom is -0.494 e. The highest BCUT2D eigenvalue weighted by molar-refractivity contribution is 5.74. The van der Waals surface area contributed by atoms with Crippen LogP contribution < -0.4 is 14.8 Å². The first-order chi connectivity index (χ1) is 16.9. The molecule has 1 aliphatic carbocycles. The molecule has 3 fully saturated rings. The van der Waals surface area contributed by atoms with Crippen LogP contribution in [0.25, 0.3) is 11.1 Å². The normalized spacial score (nSPS) is 26.2. The molecule has 6 heteroatoms. The van der Waals surface area contributed by atoms with Gasteiger partial charge in [0.05, 0.1) is 19.3 Å². The van der Waals surface area contributed by atoms with Crippen molar-refractivity contribution in [3.8, 4) is 22.6 Å². The van der Waals surface area contributed by atoms with Crippen molar-refractivity contribution in [1.29, 1.82) is 0 Å². The number of carbonyl (C=O) groups excluding carboxylic acids is 1. The van der Waals surface area contributed by atoms with Gasteiger partial charge in [0.25, 0.3) is 0 Å². The summed E-state index contributed by atoms with van der Waals surface area (Å²) in [6.45, 7) is 12.8. The monoisotopic (exact) mass is 478 g/mol. The third-order valence-corrected chi connectivity index (χ3v) is 7.87. The van der Waals surface area contributed by atoms with Crippen molar-refractivity contribution >= 4 is 6.09 Å². The average molecular weight is 479 g/mol. The second-order valence-electron chi connectivity index (χ2n) is 10.8. The first-order valence-electron chi connectivity index (χ1n) is 13.1. The summed E-state index contributed by atoms with van der Waals surface area (Å²) < 4.78 is 17.7. The van der Waals surface area contributed by atoms with E-state index in [2.05, 4.69) is 48.3 Å². The summed E-state index contributed by atoms with van der Waals surface area (Å²) in [6.07, 6.45) is 2.83. The van der Waals surface area contributed by atoms with E-state index in [4.69, 9.17) is 14.2 Å². The molecular formula is C29H38N2O4. The largest absolute Gasteiger partial charge is 0.494 e. The number of alkyl carbamates (subject to hydrolysis) is 1. The number of rotatable bonds is 7. The van der Waals surface area contributed by atoms with Gasteiger partial charge in [0, 0.05) is 12.1 Å². The van der Waals surface area contributed by atoms with Crippen molar-refractivity contribution in [1.82, 2.24) is 10.2 Å². The molecule has 2 aromatic carbocycles. The second-order valence-corrected chi connectivity index (χ2v) is 10.8. The van der Waals surface area contributed by atoms with Crippen molar-refractivity contribution in [3.63, 3.8) is 0 Å². The van der Waals surface area contributed by atoms with Gasteiger partial charge in [-0.15, -0.1) is 0 Å². The van der Waals surface area contributed by atoms with E-state index in [1.54, 1.807) is 0 Å². The summed E-state index contributed by atoms with van der Waals surface area (Å²) in [6, 6.07) is 12.4. The van der Waals surface area contributed by atoms with Crippen LogP contribution in [0.1, 0.15) is 57.7 Å². The highest BCUT2D eigenvalue weighted by atomic mass is 16.6. The molecule has 0 aromatic heterocycles. The highest BCUT2D eigenvalue weighted by Gasteiger charge is 2.42. The van der Waals surface area contributed by atoms with Crippen LogP contribution in [0.3, 0.4) is 0 Å². The van der Waals surface area contributed by atoms with Crippen molar-refractivity contribution in [3.05, 3.63) is 47.5 Å². The fourth-order valence-electron chi connectivity index (χ4n) is 6.08. The molecule has 35 heavy (non-hydrogen) atoms. The summed E-state index contributed by atoms with van der Waals surface area (Å²) in [4.78, 5) is 15.4. The molecule has 0 radical (unpaired) electrons. The minimum atomic E-state index is -0.303. The lowest BCUT2D eigenvalue weighted by Gasteiger charge is -2.44. The summed E-state index contributed by atoms with van der Waals surface area (Å²) in [7, 11) is 0. The number of nitrogens with one attached hydrogen (secondary N) is 1. The van der Waals surface area contributed by atoms with Gasteiger partial charge < -0.3 is 19.5 Å². The van der Waals surface area contributed by atoms with Gasteiger partial charge in [0.2, 0.25) is 0 Å². The Bertz CT molecular complexity index is 1060. The van der Waals surface area contributed by atoms with Gasteiger partial charge >= 0.3 is 6.09 Å². The van der Waals surface area contributed by atoms with Crippen LogP contribution in [0.15, 0.2) is 36.4 Å². The lowest BCUT2D eigenvalue weighted by molar-refractivity contribution is -0.0349.